The molecule has 2 fully saturated rings. The Bertz CT molecular complexity index is 624. The van der Waals surface area contributed by atoms with E-state index in [1.165, 1.54) is 18.5 Å². The summed E-state index contributed by atoms with van der Waals surface area (Å²) in [5.41, 5.74) is 7.98. The average molecular weight is 271 g/mol. The van der Waals surface area contributed by atoms with E-state index in [0.717, 1.165) is 30.2 Å². The Balaban J connectivity index is 1.67. The first-order valence-electron chi connectivity index (χ1n) is 7.57. The van der Waals surface area contributed by atoms with E-state index in [1.807, 2.05) is 16.8 Å². The molecule has 106 valence electrons. The molecule has 0 amide bonds. The second-order valence-electron chi connectivity index (χ2n) is 6.37. The number of aromatic nitrogens is 3. The fraction of sp³-hybridized carbons (Fsp3) is 0.600. The molecule has 5 heteroatoms. The van der Waals surface area contributed by atoms with Crippen molar-refractivity contribution < 1.29 is 0 Å². The lowest BCUT2D eigenvalue weighted by atomic mass is 9.87. The van der Waals surface area contributed by atoms with Crippen LogP contribution in [0.15, 0.2) is 18.3 Å². The first kappa shape index (κ1) is 12.1. The van der Waals surface area contributed by atoms with E-state index >= 15 is 0 Å². The van der Waals surface area contributed by atoms with Gasteiger partial charge in [-0.05, 0) is 31.6 Å². The van der Waals surface area contributed by atoms with Crippen molar-refractivity contribution in [1.82, 2.24) is 14.6 Å². The number of nitrogens with two attached hydrogens (primary N) is 1. The third-order valence-corrected chi connectivity index (χ3v) is 4.70. The largest absolute Gasteiger partial charge is 0.367 e. The van der Waals surface area contributed by atoms with Gasteiger partial charge in [0, 0.05) is 35.8 Å². The molecule has 0 saturated heterocycles. The first-order chi connectivity index (χ1) is 9.70. The molecule has 0 spiro atoms. The molecule has 2 aromatic rings. The summed E-state index contributed by atoms with van der Waals surface area (Å²) in [5.74, 6) is 2.41. The molecule has 0 radical (unpaired) electrons. The fourth-order valence-electron chi connectivity index (χ4n) is 3.10. The van der Waals surface area contributed by atoms with Crippen LogP contribution in [0, 0.1) is 5.92 Å². The van der Waals surface area contributed by atoms with Crippen LogP contribution in [0.1, 0.15) is 44.2 Å². The summed E-state index contributed by atoms with van der Waals surface area (Å²) >= 11 is 0. The molecule has 2 saturated carbocycles. The number of nitrogens with one attached hydrogen (secondary N) is 1. The van der Waals surface area contributed by atoms with Gasteiger partial charge in [-0.15, -0.1) is 0 Å². The molecule has 2 heterocycles. The summed E-state index contributed by atoms with van der Waals surface area (Å²) in [4.78, 5) is 4.76. The van der Waals surface area contributed by atoms with Gasteiger partial charge in [0.05, 0.1) is 6.20 Å². The topological polar surface area (TPSA) is 68.2 Å². The SMILES string of the molecule is CC(c1cc(N[C@H]2C[C@H](N)C2)n2nccc2n1)C1CC1. The van der Waals surface area contributed by atoms with E-state index in [0.29, 0.717) is 18.0 Å². The van der Waals surface area contributed by atoms with Crippen LogP contribution >= 0.6 is 0 Å². The lowest BCUT2D eigenvalue weighted by Gasteiger charge is -2.33. The van der Waals surface area contributed by atoms with Crippen LogP contribution in [-0.2, 0) is 0 Å². The minimum Gasteiger partial charge on any atom is -0.367 e. The maximum absolute atomic E-state index is 5.87. The summed E-state index contributed by atoms with van der Waals surface area (Å²) < 4.78 is 1.90. The van der Waals surface area contributed by atoms with Gasteiger partial charge in [0.2, 0.25) is 0 Å². The van der Waals surface area contributed by atoms with Crippen LogP contribution in [0.2, 0.25) is 0 Å². The van der Waals surface area contributed by atoms with E-state index < -0.39 is 0 Å². The second kappa shape index (κ2) is 4.45. The molecule has 5 nitrogen and oxygen atoms in total. The van der Waals surface area contributed by atoms with E-state index in [9.17, 15) is 0 Å². The zero-order valence-corrected chi connectivity index (χ0v) is 11.8. The van der Waals surface area contributed by atoms with Crippen LogP contribution < -0.4 is 11.1 Å². The van der Waals surface area contributed by atoms with Crippen molar-refractivity contribution >= 4 is 11.5 Å². The molecule has 1 atom stereocenters. The Morgan fingerprint density at radius 2 is 2.20 bits per heavy atom. The van der Waals surface area contributed by atoms with Crippen LogP contribution in [0.5, 0.6) is 0 Å². The molecule has 0 bridgehead atoms. The molecule has 2 aromatic heterocycles. The quantitative estimate of drug-likeness (QED) is 0.894. The third-order valence-electron chi connectivity index (χ3n) is 4.70. The molecular formula is C15H21N5. The zero-order chi connectivity index (χ0) is 13.7. The number of hydrogen-bond acceptors (Lipinski definition) is 4. The standard InChI is InChI=1S/C15H21N5/c1-9(10-2-3-10)13-8-15(18-12-6-11(16)7-12)20-14(19-13)4-5-17-20/h4-5,8-12,18H,2-3,6-7,16H2,1H3/t9?,11-,12-. The number of nitrogens with zero attached hydrogens (tertiary/aromatic N) is 3. The smallest absolute Gasteiger partial charge is 0.157 e. The second-order valence-corrected chi connectivity index (χ2v) is 6.37. The Hall–Kier alpha value is -1.62. The molecule has 2 aliphatic rings. The molecule has 0 aliphatic heterocycles. The van der Waals surface area contributed by atoms with Gasteiger partial charge in [-0.25, -0.2) is 4.98 Å². The van der Waals surface area contributed by atoms with Gasteiger partial charge < -0.3 is 11.1 Å². The van der Waals surface area contributed by atoms with Gasteiger partial charge in [0.1, 0.15) is 5.82 Å². The Morgan fingerprint density at radius 1 is 1.40 bits per heavy atom. The van der Waals surface area contributed by atoms with Crippen molar-refractivity contribution in [3.8, 4) is 0 Å². The highest BCUT2D eigenvalue weighted by Crippen LogP contribution is 2.42. The van der Waals surface area contributed by atoms with Gasteiger partial charge in [-0.3, -0.25) is 0 Å². The van der Waals surface area contributed by atoms with Crippen molar-refractivity contribution in [1.29, 1.82) is 0 Å². The van der Waals surface area contributed by atoms with E-state index in [4.69, 9.17) is 10.7 Å². The summed E-state index contributed by atoms with van der Waals surface area (Å²) in [6.45, 7) is 2.29. The Kier molecular flexibility index (Phi) is 2.70. The van der Waals surface area contributed by atoms with Crippen molar-refractivity contribution in [2.75, 3.05) is 5.32 Å². The monoisotopic (exact) mass is 271 g/mol. The number of fused-ring (bicyclic) bond motifs is 1. The van der Waals surface area contributed by atoms with Gasteiger partial charge >= 0.3 is 0 Å². The maximum atomic E-state index is 5.87. The molecule has 3 N–H and O–H groups in total. The summed E-state index contributed by atoms with van der Waals surface area (Å²) in [5, 5.41) is 7.94. The molecule has 20 heavy (non-hydrogen) atoms. The minimum absolute atomic E-state index is 0.354. The van der Waals surface area contributed by atoms with Crippen LogP contribution in [0.3, 0.4) is 0 Å². The highest BCUT2D eigenvalue weighted by atomic mass is 15.3. The highest BCUT2D eigenvalue weighted by molar-refractivity contribution is 5.50. The Morgan fingerprint density at radius 3 is 2.90 bits per heavy atom. The van der Waals surface area contributed by atoms with Crippen molar-refractivity contribution in [2.24, 2.45) is 11.7 Å². The number of rotatable bonds is 4. The van der Waals surface area contributed by atoms with E-state index in [1.54, 1.807) is 0 Å². The maximum Gasteiger partial charge on any atom is 0.157 e. The Labute approximate surface area is 118 Å². The highest BCUT2D eigenvalue weighted by Gasteiger charge is 2.31. The normalized spacial score (nSPS) is 27.3. The summed E-state index contributed by atoms with van der Waals surface area (Å²) in [6, 6.07) is 4.98. The summed E-state index contributed by atoms with van der Waals surface area (Å²) in [6.07, 6.45) is 6.57. The van der Waals surface area contributed by atoms with Gasteiger partial charge in [-0.2, -0.15) is 9.61 Å². The predicted octanol–water partition coefficient (Wildman–Crippen LogP) is 2.14. The first-order valence-corrected chi connectivity index (χ1v) is 7.57. The average Bonchev–Trinajstić information content (AvgIpc) is 3.14. The molecule has 0 aromatic carbocycles. The molecule has 2 aliphatic carbocycles. The molecular weight excluding hydrogens is 250 g/mol. The number of hydrogen-bond donors (Lipinski definition) is 2. The fourth-order valence-corrected chi connectivity index (χ4v) is 3.10. The van der Waals surface area contributed by atoms with E-state index in [-0.39, 0.29) is 0 Å². The van der Waals surface area contributed by atoms with Gasteiger partial charge in [-0.1, -0.05) is 6.92 Å². The van der Waals surface area contributed by atoms with E-state index in [2.05, 4.69) is 23.4 Å². The number of anilines is 1. The lowest BCUT2D eigenvalue weighted by Crippen LogP contribution is -2.44. The third kappa shape index (κ3) is 2.06. The zero-order valence-electron chi connectivity index (χ0n) is 11.8. The van der Waals surface area contributed by atoms with Crippen LogP contribution in [-0.4, -0.2) is 26.7 Å². The molecule has 4 rings (SSSR count). The van der Waals surface area contributed by atoms with Gasteiger partial charge in [0.25, 0.3) is 0 Å². The summed E-state index contributed by atoms with van der Waals surface area (Å²) in [7, 11) is 0. The van der Waals surface area contributed by atoms with Crippen molar-refractivity contribution in [3.05, 3.63) is 24.0 Å². The predicted molar refractivity (Wildman–Crippen MR) is 78.7 cm³/mol. The lowest BCUT2D eigenvalue weighted by molar-refractivity contribution is 0.372. The van der Waals surface area contributed by atoms with Crippen molar-refractivity contribution in [2.45, 2.75) is 50.6 Å². The van der Waals surface area contributed by atoms with Crippen molar-refractivity contribution in [3.63, 3.8) is 0 Å². The van der Waals surface area contributed by atoms with Gasteiger partial charge in [0.15, 0.2) is 5.65 Å². The minimum atomic E-state index is 0.354. The van der Waals surface area contributed by atoms with Crippen LogP contribution in [0.4, 0.5) is 5.82 Å². The van der Waals surface area contributed by atoms with Crippen LogP contribution in [0.25, 0.3) is 5.65 Å². The molecule has 1 unspecified atom stereocenters.